The lowest BCUT2D eigenvalue weighted by atomic mass is 10.5. The molecule has 9 heavy (non-hydrogen) atoms. The van der Waals surface area contributed by atoms with E-state index in [4.69, 9.17) is 0 Å². The lowest BCUT2D eigenvalue weighted by Crippen LogP contribution is -1.71. The van der Waals surface area contributed by atoms with Gasteiger partial charge in [-0.2, -0.15) is 0 Å². The second kappa shape index (κ2) is 2.90. The van der Waals surface area contributed by atoms with E-state index < -0.39 is 0 Å². The Balaban J connectivity index is 2.93. The lowest BCUT2D eigenvalue weighted by Gasteiger charge is -1.70. The zero-order valence-corrected chi connectivity index (χ0v) is 6.75. The highest BCUT2D eigenvalue weighted by Crippen LogP contribution is 2.05. The van der Waals surface area contributed by atoms with Crippen LogP contribution in [0.5, 0.6) is 0 Å². The number of aryl methyl sites for hydroxylation is 1. The molecule has 0 fully saturated rings. The number of hydrogen-bond donors (Lipinski definition) is 0. The molecule has 0 atom stereocenters. The van der Waals surface area contributed by atoms with Crippen LogP contribution in [0, 0.1) is 18.1 Å². The molecule has 1 rings (SSSR count). The van der Waals surface area contributed by atoms with E-state index >= 15 is 0 Å². The van der Waals surface area contributed by atoms with Crippen LogP contribution in [0.2, 0.25) is 0 Å². The first-order valence-electron chi connectivity index (χ1n) is 2.43. The first-order valence-corrected chi connectivity index (χ1v) is 3.81. The van der Waals surface area contributed by atoms with Crippen molar-refractivity contribution in [2.24, 2.45) is 0 Å². The summed E-state index contributed by atoms with van der Waals surface area (Å²) in [5, 5.41) is 5.59. The Bertz CT molecular complexity index is 254. The molecule has 0 saturated carbocycles. The molecule has 0 spiro atoms. The first-order chi connectivity index (χ1) is 4.33. The largest absolute Gasteiger partial charge is 0.233 e. The van der Waals surface area contributed by atoms with E-state index in [9.17, 15) is 0 Å². The maximum absolute atomic E-state index is 4.11. The Labute approximate surface area is 63.5 Å². The fourth-order valence-electron chi connectivity index (χ4n) is 0.485. The van der Waals surface area contributed by atoms with Gasteiger partial charge in [0.2, 0.25) is 0 Å². The van der Waals surface area contributed by atoms with Crippen molar-refractivity contribution in [1.82, 2.24) is 4.98 Å². The van der Waals surface area contributed by atoms with Crippen LogP contribution in [-0.2, 0) is 12.6 Å². The van der Waals surface area contributed by atoms with E-state index in [2.05, 4.69) is 28.8 Å². The number of nitrogens with zero attached hydrogens (tertiary/aromatic N) is 1. The molecule has 1 nitrogen and oxygen atoms in total. The molecule has 0 bridgehead atoms. The van der Waals surface area contributed by atoms with Gasteiger partial charge in [0.25, 0.3) is 0 Å². The normalized spacial score (nSPS) is 8.22. The highest BCUT2D eigenvalue weighted by atomic mass is 32.1. The molecule has 0 aliphatic rings. The lowest BCUT2D eigenvalue weighted by molar-refractivity contribution is 1.27. The maximum atomic E-state index is 4.11. The topological polar surface area (TPSA) is 12.9 Å². The Hall–Kier alpha value is -0.460. The van der Waals surface area contributed by atoms with Gasteiger partial charge in [0.15, 0.2) is 5.25 Å². The maximum Gasteiger partial charge on any atom is 0.154 e. The van der Waals surface area contributed by atoms with Crippen LogP contribution >= 0.6 is 11.3 Å². The van der Waals surface area contributed by atoms with Gasteiger partial charge in [-0.1, -0.05) is 0 Å². The molecule has 3 heteroatoms. The van der Waals surface area contributed by atoms with Crippen LogP contribution < -0.4 is 0 Å². The van der Waals surface area contributed by atoms with Crippen molar-refractivity contribution in [3.63, 3.8) is 0 Å². The minimum atomic E-state index is 0.840. The molecule has 0 aliphatic heterocycles. The van der Waals surface area contributed by atoms with Gasteiger partial charge in [-0.25, -0.2) is 4.98 Å². The summed E-state index contributed by atoms with van der Waals surface area (Å²) < 4.78 is 0. The summed E-state index contributed by atoms with van der Waals surface area (Å²) in [6, 6.07) is 0. The van der Waals surface area contributed by atoms with E-state index in [0.29, 0.717) is 0 Å². The Morgan fingerprint density at radius 1 is 1.78 bits per heavy atom. The van der Waals surface area contributed by atoms with Crippen molar-refractivity contribution in [3.05, 3.63) is 16.1 Å². The summed E-state index contributed by atoms with van der Waals surface area (Å²) in [6.07, 6.45) is 0. The molecular formula is C6H6NS2+. The third kappa shape index (κ3) is 1.74. The summed E-state index contributed by atoms with van der Waals surface area (Å²) in [5.74, 6) is 2.79. The number of rotatable bonds is 0. The summed E-state index contributed by atoms with van der Waals surface area (Å²) in [5.41, 5.74) is 0.840. The van der Waals surface area contributed by atoms with E-state index in [0.717, 1.165) is 10.7 Å². The molecule has 46 valence electrons. The van der Waals surface area contributed by atoms with Crippen molar-refractivity contribution in [2.75, 3.05) is 0 Å². The predicted octanol–water partition coefficient (Wildman–Crippen LogP) is 0.772. The van der Waals surface area contributed by atoms with E-state index in [1.54, 1.807) is 11.3 Å². The SMILES string of the molecule is Cc1nc(C#C[SH2+])cs1. The van der Waals surface area contributed by atoms with Crippen LogP contribution in [0.25, 0.3) is 0 Å². The van der Waals surface area contributed by atoms with Crippen molar-refractivity contribution in [1.29, 1.82) is 0 Å². The first kappa shape index (κ1) is 6.66. The van der Waals surface area contributed by atoms with E-state index in [-0.39, 0.29) is 0 Å². The fourth-order valence-corrected chi connectivity index (χ4v) is 1.16. The molecule has 1 aromatic heterocycles. The molecule has 0 aliphatic carbocycles. The van der Waals surface area contributed by atoms with Crippen molar-refractivity contribution in [2.45, 2.75) is 6.92 Å². The van der Waals surface area contributed by atoms with Crippen LogP contribution in [0.15, 0.2) is 5.38 Å². The second-order valence-electron chi connectivity index (χ2n) is 1.50. The molecule has 0 radical (unpaired) electrons. The van der Waals surface area contributed by atoms with E-state index in [1.807, 2.05) is 12.3 Å². The average Bonchev–Trinajstić information content (AvgIpc) is 2.17. The van der Waals surface area contributed by atoms with Gasteiger partial charge < -0.3 is 0 Å². The van der Waals surface area contributed by atoms with Gasteiger partial charge in [0.1, 0.15) is 5.69 Å². The predicted molar refractivity (Wildman–Crippen MR) is 43.9 cm³/mol. The Morgan fingerprint density at radius 3 is 3.00 bits per heavy atom. The number of thiazole rings is 1. The molecule has 0 aromatic carbocycles. The summed E-state index contributed by atoms with van der Waals surface area (Å²) in [6.45, 7) is 1.96. The summed E-state index contributed by atoms with van der Waals surface area (Å²) in [4.78, 5) is 4.11. The van der Waals surface area contributed by atoms with Gasteiger partial charge in [0.05, 0.1) is 5.01 Å². The van der Waals surface area contributed by atoms with Crippen molar-refractivity contribution >= 4 is 24.0 Å². The quantitative estimate of drug-likeness (QED) is 0.399. The van der Waals surface area contributed by atoms with Gasteiger partial charge in [-0.15, -0.1) is 11.3 Å². The third-order valence-corrected chi connectivity index (χ3v) is 1.71. The Morgan fingerprint density at radius 2 is 2.56 bits per heavy atom. The molecule has 0 amide bonds. The summed E-state index contributed by atoms with van der Waals surface area (Å²) in [7, 11) is 0. The standard InChI is InChI=1S/C6H5NS2/c1-5-7-6(2-3-8)4-9-5/h4,8H,1H3/p+1. The van der Waals surface area contributed by atoms with Crippen molar-refractivity contribution in [3.8, 4) is 11.2 Å². The minimum Gasteiger partial charge on any atom is -0.233 e. The minimum absolute atomic E-state index is 0.840. The fraction of sp³-hybridized carbons (Fsp3) is 0.167. The highest BCUT2D eigenvalue weighted by Gasteiger charge is 1.91. The number of aromatic nitrogens is 1. The third-order valence-electron chi connectivity index (χ3n) is 0.810. The van der Waals surface area contributed by atoms with E-state index in [1.165, 1.54) is 0 Å². The molecule has 0 N–H and O–H groups in total. The molecular weight excluding hydrogens is 150 g/mol. The van der Waals surface area contributed by atoms with Crippen LogP contribution in [0.1, 0.15) is 10.7 Å². The number of hydrogen-bond acceptors (Lipinski definition) is 2. The van der Waals surface area contributed by atoms with Gasteiger partial charge in [-0.3, -0.25) is 0 Å². The van der Waals surface area contributed by atoms with Crippen LogP contribution in [-0.4, -0.2) is 4.98 Å². The van der Waals surface area contributed by atoms with Crippen LogP contribution in [0.3, 0.4) is 0 Å². The van der Waals surface area contributed by atoms with Crippen LogP contribution in [0.4, 0.5) is 0 Å². The zero-order chi connectivity index (χ0) is 6.69. The molecule has 0 unspecified atom stereocenters. The molecule has 1 aromatic rings. The average molecular weight is 156 g/mol. The smallest absolute Gasteiger partial charge is 0.154 e. The van der Waals surface area contributed by atoms with Gasteiger partial charge >= 0.3 is 0 Å². The Kier molecular flexibility index (Phi) is 2.15. The van der Waals surface area contributed by atoms with Crippen molar-refractivity contribution < 1.29 is 0 Å². The summed E-state index contributed by atoms with van der Waals surface area (Å²) >= 11 is 4.65. The molecule has 0 saturated heterocycles. The highest BCUT2D eigenvalue weighted by molar-refractivity contribution is 7.64. The molecule has 1 heterocycles. The second-order valence-corrected chi connectivity index (χ2v) is 2.81. The van der Waals surface area contributed by atoms with Gasteiger partial charge in [-0.05, 0) is 6.92 Å². The van der Waals surface area contributed by atoms with Gasteiger partial charge in [0, 0.05) is 23.9 Å². The zero-order valence-electron chi connectivity index (χ0n) is 4.93. The monoisotopic (exact) mass is 156 g/mol.